The van der Waals surface area contributed by atoms with Gasteiger partial charge in [-0.15, -0.1) is 10.2 Å². The molecular weight excluding hydrogens is 364 g/mol. The molecule has 4 rings (SSSR count). The Hall–Kier alpha value is -3.22. The van der Waals surface area contributed by atoms with Crippen molar-refractivity contribution in [3.05, 3.63) is 60.2 Å². The third kappa shape index (κ3) is 3.53. The molecule has 1 aliphatic heterocycles. The number of hydrazine groups is 1. The number of anilines is 1. The van der Waals surface area contributed by atoms with Gasteiger partial charge >= 0.3 is 0 Å². The second kappa shape index (κ2) is 7.57. The van der Waals surface area contributed by atoms with Gasteiger partial charge in [0.05, 0.1) is 35.5 Å². The van der Waals surface area contributed by atoms with Crippen LogP contribution in [0.3, 0.4) is 0 Å². The Bertz CT molecular complexity index is 1010. The van der Waals surface area contributed by atoms with Gasteiger partial charge in [0.25, 0.3) is 0 Å². The summed E-state index contributed by atoms with van der Waals surface area (Å²) in [5, 5.41) is 20.1. The van der Waals surface area contributed by atoms with Gasteiger partial charge in [0.1, 0.15) is 0 Å². The van der Waals surface area contributed by atoms with Crippen LogP contribution in [-0.4, -0.2) is 20.5 Å². The highest BCUT2D eigenvalue weighted by molar-refractivity contribution is 7.99. The van der Waals surface area contributed by atoms with E-state index in [1.54, 1.807) is 23.4 Å². The van der Waals surface area contributed by atoms with Gasteiger partial charge in [-0.2, -0.15) is 5.26 Å². The number of nitrogens with zero attached hydrogens (tertiary/aromatic N) is 5. The lowest BCUT2D eigenvalue weighted by Crippen LogP contribution is -2.27. The van der Waals surface area contributed by atoms with Crippen molar-refractivity contribution in [2.24, 2.45) is 0 Å². The number of furan rings is 1. The number of hydrogen-bond acceptors (Lipinski definition) is 8. The zero-order chi connectivity index (χ0) is 18.6. The zero-order valence-electron chi connectivity index (χ0n) is 14.5. The fourth-order valence-electron chi connectivity index (χ4n) is 2.63. The lowest BCUT2D eigenvalue weighted by atomic mass is 10.2. The summed E-state index contributed by atoms with van der Waals surface area (Å²) in [4.78, 5) is 5.53. The molecule has 1 aliphatic rings. The van der Waals surface area contributed by atoms with E-state index in [4.69, 9.17) is 14.5 Å². The van der Waals surface area contributed by atoms with E-state index in [1.807, 2.05) is 42.0 Å². The molecule has 3 aromatic rings. The minimum absolute atomic E-state index is 0.581. The Labute approximate surface area is 160 Å². The Morgan fingerprint density at radius 2 is 2.19 bits per heavy atom. The third-order valence-corrected chi connectivity index (χ3v) is 4.91. The van der Waals surface area contributed by atoms with Gasteiger partial charge in [-0.3, -0.25) is 4.57 Å². The van der Waals surface area contributed by atoms with E-state index in [2.05, 4.69) is 21.9 Å². The Kier molecular flexibility index (Phi) is 4.82. The van der Waals surface area contributed by atoms with Crippen LogP contribution in [0.1, 0.15) is 12.5 Å². The molecule has 2 aromatic heterocycles. The van der Waals surface area contributed by atoms with Crippen LogP contribution in [0, 0.1) is 11.3 Å². The van der Waals surface area contributed by atoms with E-state index >= 15 is 0 Å². The van der Waals surface area contributed by atoms with Gasteiger partial charge in [-0.1, -0.05) is 23.4 Å². The van der Waals surface area contributed by atoms with E-state index in [9.17, 15) is 0 Å². The number of aromatic nitrogens is 3. The number of nitriles is 1. The molecule has 0 amide bonds. The predicted molar refractivity (Wildman–Crippen MR) is 100 cm³/mol. The van der Waals surface area contributed by atoms with Crippen LogP contribution in [0.5, 0.6) is 0 Å². The van der Waals surface area contributed by atoms with Crippen molar-refractivity contribution < 1.29 is 9.25 Å². The molecule has 3 heterocycles. The molecule has 0 spiro atoms. The molecule has 1 aromatic carbocycles. The monoisotopic (exact) mass is 380 g/mol. The minimum Gasteiger partial charge on any atom is -0.461 e. The van der Waals surface area contributed by atoms with Gasteiger partial charge in [-0.25, -0.2) is 5.01 Å². The first-order valence-electron chi connectivity index (χ1n) is 8.31. The lowest BCUT2D eigenvalue weighted by Gasteiger charge is -2.13. The summed E-state index contributed by atoms with van der Waals surface area (Å²) in [6.07, 6.45) is 3.47. The van der Waals surface area contributed by atoms with Gasteiger partial charge in [0.2, 0.25) is 0 Å². The van der Waals surface area contributed by atoms with E-state index in [-0.39, 0.29) is 0 Å². The number of rotatable bonds is 6. The van der Waals surface area contributed by atoms with Crippen LogP contribution in [0.2, 0.25) is 0 Å². The maximum atomic E-state index is 9.03. The molecule has 0 radical (unpaired) electrons. The summed E-state index contributed by atoms with van der Waals surface area (Å²) >= 11 is 1.53. The summed E-state index contributed by atoms with van der Waals surface area (Å²) in [6.45, 7) is 2.77. The largest absolute Gasteiger partial charge is 0.461 e. The minimum atomic E-state index is 0.581. The number of thioether (sulfide) groups is 1. The van der Waals surface area contributed by atoms with Crippen molar-refractivity contribution >= 4 is 17.4 Å². The van der Waals surface area contributed by atoms with Crippen LogP contribution in [0.4, 0.5) is 5.69 Å². The average molecular weight is 380 g/mol. The van der Waals surface area contributed by atoms with E-state index in [1.165, 1.54) is 11.8 Å². The number of nitrogens with one attached hydrogen (secondary N) is 1. The molecule has 0 fully saturated rings. The standard InChI is InChI=1S/C18H16N6O2S/c1-2-23-17(16-7-4-8-25-16)20-21-18(23)27-12-15-11-24(22-26-15)14-6-3-5-13(9-14)10-19/h3-9,11,22H,2,12H2,1H3. The molecule has 27 heavy (non-hydrogen) atoms. The first kappa shape index (κ1) is 17.2. The molecule has 9 heteroatoms. The summed E-state index contributed by atoms with van der Waals surface area (Å²) in [7, 11) is 0. The molecule has 0 bridgehead atoms. The summed E-state index contributed by atoms with van der Waals surface area (Å²) < 4.78 is 7.43. The van der Waals surface area contributed by atoms with Crippen LogP contribution in [0.25, 0.3) is 11.6 Å². The highest BCUT2D eigenvalue weighted by atomic mass is 32.2. The highest BCUT2D eigenvalue weighted by Crippen LogP contribution is 2.27. The highest BCUT2D eigenvalue weighted by Gasteiger charge is 2.19. The van der Waals surface area contributed by atoms with Gasteiger partial charge in [-0.05, 0) is 37.3 Å². The van der Waals surface area contributed by atoms with Crippen molar-refractivity contribution in [1.29, 1.82) is 5.26 Å². The third-order valence-electron chi connectivity index (χ3n) is 3.92. The fourth-order valence-corrected chi connectivity index (χ4v) is 3.50. The summed E-state index contributed by atoms with van der Waals surface area (Å²) in [6, 6.07) is 13.1. The summed E-state index contributed by atoms with van der Waals surface area (Å²) in [5.41, 5.74) is 4.24. The molecule has 0 saturated carbocycles. The first-order valence-corrected chi connectivity index (χ1v) is 9.29. The van der Waals surface area contributed by atoms with Crippen molar-refractivity contribution in [3.63, 3.8) is 0 Å². The van der Waals surface area contributed by atoms with Crippen molar-refractivity contribution in [1.82, 2.24) is 20.4 Å². The number of benzene rings is 1. The smallest absolute Gasteiger partial charge is 0.200 e. The predicted octanol–water partition coefficient (Wildman–Crippen LogP) is 3.32. The molecule has 1 N–H and O–H groups in total. The van der Waals surface area contributed by atoms with Crippen LogP contribution in [-0.2, 0) is 11.4 Å². The molecule has 0 saturated heterocycles. The molecular formula is C18H16N6O2S. The quantitative estimate of drug-likeness (QED) is 0.651. The number of hydrogen-bond donors (Lipinski definition) is 1. The van der Waals surface area contributed by atoms with Gasteiger partial charge < -0.3 is 9.25 Å². The van der Waals surface area contributed by atoms with Crippen molar-refractivity contribution in [3.8, 4) is 17.7 Å². The first-order chi connectivity index (χ1) is 13.3. The molecule has 0 unspecified atom stereocenters. The van der Waals surface area contributed by atoms with Crippen LogP contribution < -0.4 is 10.6 Å². The Morgan fingerprint density at radius 1 is 1.26 bits per heavy atom. The van der Waals surface area contributed by atoms with Crippen molar-refractivity contribution in [2.75, 3.05) is 10.8 Å². The average Bonchev–Trinajstić information content (AvgIpc) is 3.46. The van der Waals surface area contributed by atoms with Crippen LogP contribution >= 0.6 is 11.8 Å². The molecule has 8 nitrogen and oxygen atoms in total. The van der Waals surface area contributed by atoms with E-state index in [0.717, 1.165) is 23.1 Å². The maximum Gasteiger partial charge on any atom is 0.200 e. The molecule has 0 atom stereocenters. The zero-order valence-corrected chi connectivity index (χ0v) is 15.3. The normalized spacial score (nSPS) is 13.3. The molecule has 136 valence electrons. The van der Waals surface area contributed by atoms with E-state index in [0.29, 0.717) is 22.9 Å². The van der Waals surface area contributed by atoms with Gasteiger partial charge in [0, 0.05) is 6.54 Å². The van der Waals surface area contributed by atoms with Gasteiger partial charge in [0.15, 0.2) is 22.5 Å². The summed E-state index contributed by atoms with van der Waals surface area (Å²) in [5.74, 6) is 2.72. The lowest BCUT2D eigenvalue weighted by molar-refractivity contribution is 0.133. The second-order valence-electron chi connectivity index (χ2n) is 5.64. The Morgan fingerprint density at radius 3 is 2.96 bits per heavy atom. The molecule has 0 aliphatic carbocycles. The fraction of sp³-hybridized carbons (Fsp3) is 0.167. The maximum absolute atomic E-state index is 9.03. The topological polar surface area (TPSA) is 92.1 Å². The van der Waals surface area contributed by atoms with Crippen LogP contribution in [0.15, 0.2) is 64.2 Å². The second-order valence-corrected chi connectivity index (χ2v) is 6.58. The van der Waals surface area contributed by atoms with Crippen molar-refractivity contribution in [2.45, 2.75) is 18.6 Å². The Balaban J connectivity index is 1.46. The SMILES string of the molecule is CCn1c(SCC2=CN(c3cccc(C#N)c3)NO2)nnc1-c1ccco1. The van der Waals surface area contributed by atoms with E-state index < -0.39 is 0 Å².